The third-order valence-corrected chi connectivity index (χ3v) is 3.22. The van der Waals surface area contributed by atoms with E-state index in [9.17, 15) is 14.7 Å². The quantitative estimate of drug-likeness (QED) is 0.372. The third kappa shape index (κ3) is 9.62. The van der Waals surface area contributed by atoms with Gasteiger partial charge in [-0.15, -0.1) is 0 Å². The molecule has 2 unspecified atom stereocenters. The number of Topliss-reactive ketones (excluding diaryl/α,β-unsaturated/α-hetero) is 1. The van der Waals surface area contributed by atoms with Crippen molar-refractivity contribution in [1.82, 2.24) is 0 Å². The highest BCUT2D eigenvalue weighted by Crippen LogP contribution is 2.11. The number of aliphatic carboxylic acids is 1. The number of aliphatic hydroxyl groups excluding tert-OH is 1. The topological polar surface area (TPSA) is 101 Å². The SMILES string of the molecule is CCCCCCCCCC(O)C(N)C(=O)CC(=O)O. The molecule has 5 heteroatoms. The van der Waals surface area contributed by atoms with E-state index in [-0.39, 0.29) is 0 Å². The Balaban J connectivity index is 3.64. The Morgan fingerprint density at radius 1 is 1.05 bits per heavy atom. The predicted molar refractivity (Wildman–Crippen MR) is 73.9 cm³/mol. The first kappa shape index (κ1) is 18.1. The molecular weight excluding hydrogens is 246 g/mol. The van der Waals surface area contributed by atoms with Crippen molar-refractivity contribution in [1.29, 1.82) is 0 Å². The molecule has 112 valence electrons. The number of nitrogens with two attached hydrogens (primary N) is 1. The number of hydrogen-bond acceptors (Lipinski definition) is 4. The number of carboxylic acids is 1. The van der Waals surface area contributed by atoms with Gasteiger partial charge in [-0.3, -0.25) is 9.59 Å². The molecular formula is C14H27NO4. The molecule has 0 saturated carbocycles. The first-order chi connectivity index (χ1) is 8.99. The summed E-state index contributed by atoms with van der Waals surface area (Å²) in [5, 5.41) is 18.2. The lowest BCUT2D eigenvalue weighted by atomic mass is 9.99. The summed E-state index contributed by atoms with van der Waals surface area (Å²) in [6, 6.07) is -1.07. The monoisotopic (exact) mass is 273 g/mol. The molecule has 0 amide bonds. The lowest BCUT2D eigenvalue weighted by Gasteiger charge is -2.16. The Bertz CT molecular complexity index is 268. The second-order valence-electron chi connectivity index (χ2n) is 5.04. The summed E-state index contributed by atoms with van der Waals surface area (Å²) < 4.78 is 0. The van der Waals surface area contributed by atoms with E-state index < -0.39 is 30.3 Å². The largest absolute Gasteiger partial charge is 0.481 e. The highest BCUT2D eigenvalue weighted by molar-refractivity contribution is 5.97. The van der Waals surface area contributed by atoms with Gasteiger partial charge in [0.1, 0.15) is 6.42 Å². The fraction of sp³-hybridized carbons (Fsp3) is 0.857. The molecule has 0 saturated heterocycles. The van der Waals surface area contributed by atoms with Crippen LogP contribution in [0.15, 0.2) is 0 Å². The Kier molecular flexibility index (Phi) is 10.4. The first-order valence-electron chi connectivity index (χ1n) is 7.17. The van der Waals surface area contributed by atoms with E-state index in [0.717, 1.165) is 19.3 Å². The van der Waals surface area contributed by atoms with Crippen LogP contribution in [0.3, 0.4) is 0 Å². The molecule has 0 aromatic rings. The van der Waals surface area contributed by atoms with Crippen LogP contribution in [0.5, 0.6) is 0 Å². The maximum atomic E-state index is 11.3. The summed E-state index contributed by atoms with van der Waals surface area (Å²) in [6.07, 6.45) is 6.81. The van der Waals surface area contributed by atoms with Gasteiger partial charge in [-0.2, -0.15) is 0 Å². The van der Waals surface area contributed by atoms with Gasteiger partial charge in [0.05, 0.1) is 12.1 Å². The number of aliphatic hydroxyl groups is 1. The van der Waals surface area contributed by atoms with Gasteiger partial charge in [0.25, 0.3) is 0 Å². The summed E-state index contributed by atoms with van der Waals surface area (Å²) >= 11 is 0. The fourth-order valence-electron chi connectivity index (χ4n) is 1.97. The normalized spacial score (nSPS) is 14.1. The second-order valence-corrected chi connectivity index (χ2v) is 5.04. The molecule has 0 fully saturated rings. The van der Waals surface area contributed by atoms with Crippen molar-refractivity contribution < 1.29 is 19.8 Å². The molecule has 0 aliphatic rings. The summed E-state index contributed by atoms with van der Waals surface area (Å²) in [6.45, 7) is 2.17. The minimum absolute atomic E-state index is 0.459. The van der Waals surface area contributed by atoms with Crippen LogP contribution in [0.1, 0.15) is 64.7 Å². The van der Waals surface area contributed by atoms with Crippen LogP contribution in [0, 0.1) is 0 Å². The molecule has 0 aliphatic carbocycles. The second kappa shape index (κ2) is 10.9. The molecule has 0 aromatic carbocycles. The smallest absolute Gasteiger partial charge is 0.310 e. The zero-order valence-electron chi connectivity index (χ0n) is 11.8. The van der Waals surface area contributed by atoms with E-state index in [1.807, 2.05) is 0 Å². The molecule has 0 heterocycles. The Hall–Kier alpha value is -0.940. The van der Waals surface area contributed by atoms with Crippen LogP contribution >= 0.6 is 0 Å². The first-order valence-corrected chi connectivity index (χ1v) is 7.17. The molecule has 0 spiro atoms. The number of unbranched alkanes of at least 4 members (excludes halogenated alkanes) is 6. The molecule has 0 rings (SSSR count). The van der Waals surface area contributed by atoms with E-state index in [2.05, 4.69) is 6.92 Å². The molecule has 0 aliphatic heterocycles. The van der Waals surface area contributed by atoms with Crippen LogP contribution in [0.4, 0.5) is 0 Å². The minimum atomic E-state index is -1.21. The zero-order valence-corrected chi connectivity index (χ0v) is 11.8. The van der Waals surface area contributed by atoms with Gasteiger partial charge in [-0.25, -0.2) is 0 Å². The van der Waals surface area contributed by atoms with Crippen LogP contribution < -0.4 is 5.73 Å². The summed E-state index contributed by atoms with van der Waals surface area (Å²) in [4.78, 5) is 21.7. The van der Waals surface area contributed by atoms with E-state index in [1.54, 1.807) is 0 Å². The van der Waals surface area contributed by atoms with Crippen molar-refractivity contribution >= 4 is 11.8 Å². The summed E-state index contributed by atoms with van der Waals surface area (Å²) in [5.74, 6) is -1.81. The molecule has 5 nitrogen and oxygen atoms in total. The highest BCUT2D eigenvalue weighted by Gasteiger charge is 2.23. The van der Waals surface area contributed by atoms with Gasteiger partial charge in [-0.1, -0.05) is 51.9 Å². The predicted octanol–water partition coefficient (Wildman–Crippen LogP) is 1.86. The van der Waals surface area contributed by atoms with Crippen molar-refractivity contribution in [3.05, 3.63) is 0 Å². The maximum Gasteiger partial charge on any atom is 0.310 e. The van der Waals surface area contributed by atoms with Crippen molar-refractivity contribution in [2.24, 2.45) is 5.73 Å². The number of carbonyl (C=O) groups excluding carboxylic acids is 1. The molecule has 0 aromatic heterocycles. The third-order valence-electron chi connectivity index (χ3n) is 3.22. The van der Waals surface area contributed by atoms with Crippen LogP contribution in [0.25, 0.3) is 0 Å². The van der Waals surface area contributed by atoms with Crippen molar-refractivity contribution in [2.75, 3.05) is 0 Å². The molecule has 2 atom stereocenters. The number of ketones is 1. The van der Waals surface area contributed by atoms with Gasteiger partial charge in [-0.05, 0) is 6.42 Å². The molecule has 19 heavy (non-hydrogen) atoms. The van der Waals surface area contributed by atoms with Crippen LogP contribution in [-0.2, 0) is 9.59 Å². The van der Waals surface area contributed by atoms with Crippen LogP contribution in [0.2, 0.25) is 0 Å². The zero-order chi connectivity index (χ0) is 14.7. The van der Waals surface area contributed by atoms with E-state index in [0.29, 0.717) is 6.42 Å². The van der Waals surface area contributed by atoms with Gasteiger partial charge >= 0.3 is 5.97 Å². The minimum Gasteiger partial charge on any atom is -0.481 e. The van der Waals surface area contributed by atoms with Crippen molar-refractivity contribution in [3.63, 3.8) is 0 Å². The van der Waals surface area contributed by atoms with E-state index in [1.165, 1.54) is 25.7 Å². The molecule has 0 radical (unpaired) electrons. The fourth-order valence-corrected chi connectivity index (χ4v) is 1.97. The highest BCUT2D eigenvalue weighted by atomic mass is 16.4. The van der Waals surface area contributed by atoms with Gasteiger partial charge < -0.3 is 15.9 Å². The van der Waals surface area contributed by atoms with Gasteiger partial charge in [0, 0.05) is 0 Å². The Morgan fingerprint density at radius 3 is 2.11 bits per heavy atom. The lowest BCUT2D eigenvalue weighted by Crippen LogP contribution is -2.42. The number of rotatable bonds is 12. The Labute approximate surface area is 115 Å². The van der Waals surface area contributed by atoms with Gasteiger partial charge in [0.2, 0.25) is 0 Å². The van der Waals surface area contributed by atoms with E-state index in [4.69, 9.17) is 10.8 Å². The summed E-state index contributed by atoms with van der Waals surface area (Å²) in [7, 11) is 0. The molecule has 4 N–H and O–H groups in total. The van der Waals surface area contributed by atoms with Crippen LogP contribution in [-0.4, -0.2) is 34.1 Å². The molecule has 0 bridgehead atoms. The van der Waals surface area contributed by atoms with Gasteiger partial charge in [0.15, 0.2) is 5.78 Å². The van der Waals surface area contributed by atoms with E-state index >= 15 is 0 Å². The average Bonchev–Trinajstić information content (AvgIpc) is 2.35. The average molecular weight is 273 g/mol. The lowest BCUT2D eigenvalue weighted by molar-refractivity contribution is -0.141. The number of hydrogen-bond donors (Lipinski definition) is 3. The number of carboxylic acid groups (broad SMARTS) is 1. The van der Waals surface area contributed by atoms with Crippen molar-refractivity contribution in [2.45, 2.75) is 76.9 Å². The van der Waals surface area contributed by atoms with Crippen molar-refractivity contribution in [3.8, 4) is 0 Å². The maximum absolute atomic E-state index is 11.3. The summed E-state index contributed by atoms with van der Waals surface area (Å²) in [5.41, 5.74) is 5.53. The number of carbonyl (C=O) groups is 2. The Morgan fingerprint density at radius 2 is 1.58 bits per heavy atom. The standard InChI is InChI=1S/C14H27NO4/c1-2-3-4-5-6-7-8-9-11(16)14(15)12(17)10-13(18)19/h11,14,16H,2-10,15H2,1H3,(H,18,19).